The molecule has 1 heterocycles. The van der Waals surface area contributed by atoms with Crippen LogP contribution in [0.1, 0.15) is 31.7 Å². The van der Waals surface area contributed by atoms with Gasteiger partial charge in [0.15, 0.2) is 6.04 Å². The number of methoxy groups -OCH3 is 2. The summed E-state index contributed by atoms with van der Waals surface area (Å²) in [5, 5.41) is 3.24. The number of amides is 2. The second kappa shape index (κ2) is 9.71. The molecule has 1 fully saturated rings. The van der Waals surface area contributed by atoms with Crippen molar-refractivity contribution in [2.24, 2.45) is 0 Å². The first-order valence-electron chi connectivity index (χ1n) is 8.80. The topological polar surface area (TPSA) is 84.9 Å². The van der Waals surface area contributed by atoms with Crippen LogP contribution in [0.3, 0.4) is 0 Å². The van der Waals surface area contributed by atoms with Gasteiger partial charge in [-0.25, -0.2) is 4.79 Å². The molecule has 0 spiro atoms. The third kappa shape index (κ3) is 5.43. The van der Waals surface area contributed by atoms with E-state index in [0.717, 1.165) is 5.56 Å². The third-order valence-corrected chi connectivity index (χ3v) is 5.15. The molecule has 1 aliphatic rings. The van der Waals surface area contributed by atoms with Gasteiger partial charge in [-0.15, -0.1) is 0 Å². The van der Waals surface area contributed by atoms with Crippen LogP contribution < -0.4 is 5.32 Å². The Kier molecular flexibility index (Phi) is 7.62. The van der Waals surface area contributed by atoms with Crippen LogP contribution in [0, 0.1) is 0 Å². The first kappa shape index (κ1) is 21.2. The smallest absolute Gasteiger partial charge is 0.331 e. The molecular weight excluding hydrogens is 372 g/mol. The average molecular weight is 397 g/mol. The van der Waals surface area contributed by atoms with E-state index in [1.54, 1.807) is 17.9 Å². The van der Waals surface area contributed by atoms with E-state index in [-0.39, 0.29) is 24.3 Å². The zero-order valence-corrected chi connectivity index (χ0v) is 16.5. The van der Waals surface area contributed by atoms with E-state index >= 15 is 0 Å². The SMILES string of the molecule is COC(=O)[C@@H](NC(=O)C[C@@H]1CCC(=O)N1Cc1ccccc1Cl)[C@@H](C)OC. The molecule has 0 saturated carbocycles. The number of hydrogen-bond acceptors (Lipinski definition) is 5. The first-order chi connectivity index (χ1) is 12.9. The summed E-state index contributed by atoms with van der Waals surface area (Å²) in [6.07, 6.45) is 0.530. The Morgan fingerprint density at radius 3 is 2.67 bits per heavy atom. The molecule has 2 amide bonds. The molecule has 1 aliphatic heterocycles. The highest BCUT2D eigenvalue weighted by molar-refractivity contribution is 6.31. The summed E-state index contributed by atoms with van der Waals surface area (Å²) in [7, 11) is 2.71. The molecule has 7 nitrogen and oxygen atoms in total. The number of esters is 1. The Morgan fingerprint density at radius 1 is 1.33 bits per heavy atom. The van der Waals surface area contributed by atoms with Gasteiger partial charge in [0.2, 0.25) is 11.8 Å². The zero-order valence-electron chi connectivity index (χ0n) is 15.7. The largest absolute Gasteiger partial charge is 0.467 e. The molecule has 0 aromatic heterocycles. The maximum atomic E-state index is 12.5. The molecule has 0 bridgehead atoms. The number of halogens is 1. The van der Waals surface area contributed by atoms with Crippen molar-refractivity contribution >= 4 is 29.4 Å². The maximum Gasteiger partial charge on any atom is 0.331 e. The van der Waals surface area contributed by atoms with Gasteiger partial charge in [0, 0.05) is 37.6 Å². The van der Waals surface area contributed by atoms with Crippen molar-refractivity contribution in [1.82, 2.24) is 10.2 Å². The average Bonchev–Trinajstić information content (AvgIpc) is 3.00. The minimum absolute atomic E-state index is 0.0116. The Morgan fingerprint density at radius 2 is 2.04 bits per heavy atom. The van der Waals surface area contributed by atoms with Gasteiger partial charge in [-0.3, -0.25) is 9.59 Å². The number of benzene rings is 1. The van der Waals surface area contributed by atoms with E-state index in [9.17, 15) is 14.4 Å². The minimum atomic E-state index is -0.901. The summed E-state index contributed by atoms with van der Waals surface area (Å²) < 4.78 is 9.87. The highest BCUT2D eigenvalue weighted by atomic mass is 35.5. The number of nitrogens with one attached hydrogen (secondary N) is 1. The van der Waals surface area contributed by atoms with Crippen LogP contribution in [0.4, 0.5) is 0 Å². The van der Waals surface area contributed by atoms with Crippen molar-refractivity contribution in [2.75, 3.05) is 14.2 Å². The number of carbonyl (C=O) groups excluding carboxylic acids is 3. The van der Waals surface area contributed by atoms with Crippen LogP contribution in [-0.2, 0) is 30.4 Å². The number of rotatable bonds is 8. The Labute approximate surface area is 163 Å². The van der Waals surface area contributed by atoms with Crippen molar-refractivity contribution in [1.29, 1.82) is 0 Å². The molecule has 1 saturated heterocycles. The third-order valence-electron chi connectivity index (χ3n) is 4.78. The molecule has 2 rings (SSSR count). The summed E-state index contributed by atoms with van der Waals surface area (Å²) >= 11 is 6.19. The summed E-state index contributed by atoms with van der Waals surface area (Å²) in [6, 6.07) is 6.17. The van der Waals surface area contributed by atoms with Gasteiger partial charge in [0.1, 0.15) is 0 Å². The monoisotopic (exact) mass is 396 g/mol. The summed E-state index contributed by atoms with van der Waals surface area (Å²) in [5.41, 5.74) is 0.834. The summed E-state index contributed by atoms with van der Waals surface area (Å²) in [4.78, 5) is 38.3. The van der Waals surface area contributed by atoms with Crippen LogP contribution in [0.15, 0.2) is 24.3 Å². The zero-order chi connectivity index (χ0) is 20.0. The van der Waals surface area contributed by atoms with E-state index in [1.165, 1.54) is 14.2 Å². The molecular formula is C19H25ClN2O5. The van der Waals surface area contributed by atoms with E-state index in [4.69, 9.17) is 21.1 Å². The van der Waals surface area contributed by atoms with Crippen molar-refractivity contribution in [2.45, 2.75) is 50.9 Å². The first-order valence-corrected chi connectivity index (χ1v) is 9.18. The molecule has 148 valence electrons. The van der Waals surface area contributed by atoms with Gasteiger partial charge in [0.05, 0.1) is 13.2 Å². The number of likely N-dealkylation sites (tertiary alicyclic amines) is 1. The van der Waals surface area contributed by atoms with Crippen molar-refractivity contribution in [3.8, 4) is 0 Å². The maximum absolute atomic E-state index is 12.5. The second-order valence-electron chi connectivity index (χ2n) is 6.52. The van der Waals surface area contributed by atoms with Gasteiger partial charge < -0.3 is 19.7 Å². The standard InChI is InChI=1S/C19H25ClN2O5/c1-12(26-2)18(19(25)27-3)21-16(23)10-14-8-9-17(24)22(14)11-13-6-4-5-7-15(13)20/h4-7,12,14,18H,8-11H2,1-3H3,(H,21,23)/t12-,14+,18+/m1/s1. The highest BCUT2D eigenvalue weighted by Crippen LogP contribution is 2.26. The molecule has 0 aliphatic carbocycles. The van der Waals surface area contributed by atoms with Crippen LogP contribution in [0.25, 0.3) is 0 Å². The van der Waals surface area contributed by atoms with E-state index in [1.807, 2.05) is 18.2 Å². The van der Waals surface area contributed by atoms with Gasteiger partial charge in [0.25, 0.3) is 0 Å². The molecule has 1 N–H and O–H groups in total. The second-order valence-corrected chi connectivity index (χ2v) is 6.93. The molecule has 8 heteroatoms. The Bertz CT molecular complexity index is 696. The van der Waals surface area contributed by atoms with E-state index in [2.05, 4.69) is 5.32 Å². The van der Waals surface area contributed by atoms with Gasteiger partial charge in [-0.2, -0.15) is 0 Å². The lowest BCUT2D eigenvalue weighted by molar-refractivity contribution is -0.149. The van der Waals surface area contributed by atoms with Gasteiger partial charge in [-0.1, -0.05) is 29.8 Å². The van der Waals surface area contributed by atoms with Crippen LogP contribution in [0.2, 0.25) is 5.02 Å². The van der Waals surface area contributed by atoms with Crippen molar-refractivity contribution in [3.05, 3.63) is 34.9 Å². The Hall–Kier alpha value is -2.12. The molecule has 0 radical (unpaired) electrons. The fourth-order valence-corrected chi connectivity index (χ4v) is 3.31. The normalized spacial score (nSPS) is 18.9. The van der Waals surface area contributed by atoms with Gasteiger partial charge >= 0.3 is 5.97 Å². The number of ether oxygens (including phenoxy) is 2. The van der Waals surface area contributed by atoms with Crippen LogP contribution in [0.5, 0.6) is 0 Å². The minimum Gasteiger partial charge on any atom is -0.467 e. The quantitative estimate of drug-likeness (QED) is 0.678. The Balaban J connectivity index is 2.03. The molecule has 1 aromatic rings. The molecule has 0 unspecified atom stereocenters. The van der Waals surface area contributed by atoms with E-state index < -0.39 is 18.1 Å². The van der Waals surface area contributed by atoms with Crippen LogP contribution >= 0.6 is 11.6 Å². The summed E-state index contributed by atoms with van der Waals surface area (Å²) in [5.74, 6) is -0.922. The number of carbonyl (C=O) groups is 3. The summed E-state index contributed by atoms with van der Waals surface area (Å²) in [6.45, 7) is 2.02. The lowest BCUT2D eigenvalue weighted by Crippen LogP contribution is -2.50. The molecule has 3 atom stereocenters. The highest BCUT2D eigenvalue weighted by Gasteiger charge is 2.34. The van der Waals surface area contributed by atoms with Crippen molar-refractivity contribution < 1.29 is 23.9 Å². The molecule has 27 heavy (non-hydrogen) atoms. The van der Waals surface area contributed by atoms with Crippen molar-refractivity contribution in [3.63, 3.8) is 0 Å². The van der Waals surface area contributed by atoms with Crippen LogP contribution in [-0.4, -0.2) is 55.1 Å². The lowest BCUT2D eigenvalue weighted by atomic mass is 10.1. The fourth-order valence-electron chi connectivity index (χ4n) is 3.11. The number of hydrogen-bond donors (Lipinski definition) is 1. The predicted octanol–water partition coefficient (Wildman–Crippen LogP) is 1.91. The fraction of sp³-hybridized carbons (Fsp3) is 0.526. The van der Waals surface area contributed by atoms with E-state index in [0.29, 0.717) is 24.4 Å². The lowest BCUT2D eigenvalue weighted by Gasteiger charge is -2.26. The predicted molar refractivity (Wildman–Crippen MR) is 100 cm³/mol. The molecule has 1 aromatic carbocycles. The number of nitrogens with zero attached hydrogens (tertiary/aromatic N) is 1. The van der Waals surface area contributed by atoms with Gasteiger partial charge in [-0.05, 0) is 25.0 Å².